The van der Waals surface area contributed by atoms with Crippen LogP contribution < -0.4 is 5.73 Å². The van der Waals surface area contributed by atoms with Crippen molar-refractivity contribution in [1.29, 1.82) is 0 Å². The van der Waals surface area contributed by atoms with Gasteiger partial charge in [-0.05, 0) is 0 Å². The Hall–Kier alpha value is -1.42. The highest BCUT2D eigenvalue weighted by Gasteiger charge is 2.35. The molecule has 0 radical (unpaired) electrons. The molecule has 0 saturated heterocycles. The molecule has 0 aliphatic heterocycles. The summed E-state index contributed by atoms with van der Waals surface area (Å²) < 4.78 is 37.3. The fourth-order valence-electron chi connectivity index (χ4n) is 0.838. The van der Waals surface area contributed by atoms with E-state index in [1.54, 1.807) is 0 Å². The first-order valence-electron chi connectivity index (χ1n) is 3.74. The van der Waals surface area contributed by atoms with Crippen LogP contribution in [0.3, 0.4) is 0 Å². The summed E-state index contributed by atoms with van der Waals surface area (Å²) >= 11 is 3.76. The van der Waals surface area contributed by atoms with Crippen molar-refractivity contribution < 1.29 is 13.2 Å². The Bertz CT molecular complexity index is 419. The molecule has 80 valence electrons. The van der Waals surface area contributed by atoms with Crippen LogP contribution in [0, 0.1) is 11.8 Å². The minimum atomic E-state index is -4.59. The summed E-state index contributed by atoms with van der Waals surface area (Å²) in [5.41, 5.74) is 3.65. The molecule has 1 aromatic heterocycles. The predicted octanol–water partition coefficient (Wildman–Crippen LogP) is 1.36. The molecule has 0 aromatic carbocycles. The van der Waals surface area contributed by atoms with E-state index in [4.69, 9.17) is 5.73 Å². The maximum Gasteiger partial charge on any atom is 0.434 e. The minimum absolute atomic E-state index is 0.154. The predicted molar refractivity (Wildman–Crippen MR) is 52.2 cm³/mol. The van der Waals surface area contributed by atoms with Gasteiger partial charge >= 0.3 is 6.18 Å². The monoisotopic (exact) mass is 233 g/mol. The Morgan fingerprint density at radius 3 is 2.67 bits per heavy atom. The molecular formula is C8H6F3N3S. The van der Waals surface area contributed by atoms with Gasteiger partial charge in [-0.15, -0.1) is 0 Å². The van der Waals surface area contributed by atoms with Gasteiger partial charge in [0.25, 0.3) is 0 Å². The zero-order valence-corrected chi connectivity index (χ0v) is 8.23. The lowest BCUT2D eigenvalue weighted by Gasteiger charge is -2.07. The SMILES string of the molecule is Nc1ncc(C#CCS)c(C(F)(F)F)n1. The van der Waals surface area contributed by atoms with E-state index in [1.165, 1.54) is 0 Å². The summed E-state index contributed by atoms with van der Waals surface area (Å²) in [5.74, 6) is 4.38. The van der Waals surface area contributed by atoms with Crippen LogP contribution in [-0.4, -0.2) is 15.7 Å². The Labute approximate surface area is 89.3 Å². The quantitative estimate of drug-likeness (QED) is 0.525. The largest absolute Gasteiger partial charge is 0.434 e. The minimum Gasteiger partial charge on any atom is -0.368 e. The number of rotatable bonds is 0. The number of nitrogens with zero attached hydrogens (tertiary/aromatic N) is 2. The van der Waals surface area contributed by atoms with Crippen molar-refractivity contribution in [3.05, 3.63) is 17.5 Å². The molecule has 1 heterocycles. The molecule has 0 aliphatic rings. The van der Waals surface area contributed by atoms with E-state index in [9.17, 15) is 13.2 Å². The van der Waals surface area contributed by atoms with Crippen LogP contribution >= 0.6 is 12.6 Å². The standard InChI is InChI=1S/C8H6F3N3S/c9-8(10,11)6-5(2-1-3-15)4-13-7(12)14-6/h4,15H,3H2,(H2,12,13,14). The van der Waals surface area contributed by atoms with Gasteiger partial charge in [0.15, 0.2) is 5.69 Å². The molecule has 0 saturated carbocycles. The van der Waals surface area contributed by atoms with Gasteiger partial charge in [0, 0.05) is 6.20 Å². The first-order chi connectivity index (χ1) is 6.95. The van der Waals surface area contributed by atoms with Crippen molar-refractivity contribution >= 4 is 18.6 Å². The number of hydrogen-bond donors (Lipinski definition) is 2. The maximum absolute atomic E-state index is 12.4. The van der Waals surface area contributed by atoms with Crippen molar-refractivity contribution in [1.82, 2.24) is 9.97 Å². The number of alkyl halides is 3. The number of thiol groups is 1. The van der Waals surface area contributed by atoms with Crippen LogP contribution in [0.15, 0.2) is 6.20 Å². The second-order valence-corrected chi connectivity index (χ2v) is 2.76. The molecule has 0 unspecified atom stereocenters. The molecule has 0 aliphatic carbocycles. The fraction of sp³-hybridized carbons (Fsp3) is 0.250. The Morgan fingerprint density at radius 1 is 1.47 bits per heavy atom. The zero-order chi connectivity index (χ0) is 11.5. The Morgan fingerprint density at radius 2 is 2.13 bits per heavy atom. The molecular weight excluding hydrogens is 227 g/mol. The molecule has 2 N–H and O–H groups in total. The summed E-state index contributed by atoms with van der Waals surface area (Å²) in [6, 6.07) is 0. The van der Waals surface area contributed by atoms with Crippen molar-refractivity contribution in [2.24, 2.45) is 0 Å². The molecule has 1 aromatic rings. The summed E-state index contributed by atoms with van der Waals surface area (Å²) in [4.78, 5) is 6.56. The van der Waals surface area contributed by atoms with Gasteiger partial charge in [-0.2, -0.15) is 25.8 Å². The fourth-order valence-corrected chi connectivity index (χ4v) is 0.917. The van der Waals surface area contributed by atoms with Crippen LogP contribution in [-0.2, 0) is 6.18 Å². The molecule has 1 rings (SSSR count). The van der Waals surface area contributed by atoms with Crippen LogP contribution in [0.2, 0.25) is 0 Å². The summed E-state index contributed by atoms with van der Waals surface area (Å²) in [5, 5.41) is 0. The van der Waals surface area contributed by atoms with Gasteiger partial charge in [0.05, 0.1) is 11.3 Å². The zero-order valence-electron chi connectivity index (χ0n) is 7.34. The molecule has 7 heteroatoms. The maximum atomic E-state index is 12.4. The van der Waals surface area contributed by atoms with Gasteiger partial charge in [-0.3, -0.25) is 0 Å². The molecule has 0 spiro atoms. The second kappa shape index (κ2) is 4.40. The normalized spacial score (nSPS) is 10.7. The van der Waals surface area contributed by atoms with Crippen LogP contribution in [0.25, 0.3) is 0 Å². The van der Waals surface area contributed by atoms with E-state index in [1.807, 2.05) is 0 Å². The van der Waals surface area contributed by atoms with E-state index in [0.29, 0.717) is 0 Å². The van der Waals surface area contributed by atoms with Crippen molar-refractivity contribution in [3.63, 3.8) is 0 Å². The average Bonchev–Trinajstić information content (AvgIpc) is 2.14. The summed E-state index contributed by atoms with van der Waals surface area (Å²) in [6.45, 7) is 0. The lowest BCUT2D eigenvalue weighted by Crippen LogP contribution is -2.13. The number of hydrogen-bond acceptors (Lipinski definition) is 4. The number of nitrogens with two attached hydrogens (primary N) is 1. The van der Waals surface area contributed by atoms with Gasteiger partial charge < -0.3 is 5.73 Å². The second-order valence-electron chi connectivity index (χ2n) is 2.45. The third-order valence-electron chi connectivity index (χ3n) is 1.38. The van der Waals surface area contributed by atoms with Gasteiger partial charge in [0.1, 0.15) is 0 Å². The van der Waals surface area contributed by atoms with E-state index in [2.05, 4.69) is 34.4 Å². The highest BCUT2D eigenvalue weighted by Crippen LogP contribution is 2.29. The van der Waals surface area contributed by atoms with E-state index < -0.39 is 17.8 Å². The van der Waals surface area contributed by atoms with Gasteiger partial charge in [0.2, 0.25) is 5.95 Å². The topological polar surface area (TPSA) is 51.8 Å². The van der Waals surface area contributed by atoms with E-state index >= 15 is 0 Å². The molecule has 0 fully saturated rings. The molecule has 0 amide bonds. The number of aromatic nitrogens is 2. The lowest BCUT2D eigenvalue weighted by molar-refractivity contribution is -0.141. The number of anilines is 1. The first-order valence-corrected chi connectivity index (χ1v) is 4.38. The van der Waals surface area contributed by atoms with E-state index in [0.717, 1.165) is 6.20 Å². The van der Waals surface area contributed by atoms with Crippen LogP contribution in [0.1, 0.15) is 11.3 Å². The lowest BCUT2D eigenvalue weighted by atomic mass is 10.2. The molecule has 0 bridgehead atoms. The van der Waals surface area contributed by atoms with Crippen molar-refractivity contribution in [2.75, 3.05) is 11.5 Å². The number of halogens is 3. The third-order valence-corrected chi connectivity index (χ3v) is 1.54. The third kappa shape index (κ3) is 3.02. The highest BCUT2D eigenvalue weighted by atomic mass is 32.1. The smallest absolute Gasteiger partial charge is 0.368 e. The molecule has 0 atom stereocenters. The number of nitrogen functional groups attached to an aromatic ring is 1. The average molecular weight is 233 g/mol. The van der Waals surface area contributed by atoms with Gasteiger partial charge in [-0.1, -0.05) is 11.8 Å². The Balaban J connectivity index is 3.27. The van der Waals surface area contributed by atoms with Crippen LogP contribution in [0.5, 0.6) is 0 Å². The van der Waals surface area contributed by atoms with Crippen molar-refractivity contribution in [3.8, 4) is 11.8 Å². The molecule has 15 heavy (non-hydrogen) atoms. The van der Waals surface area contributed by atoms with Crippen LogP contribution in [0.4, 0.5) is 19.1 Å². The summed E-state index contributed by atoms with van der Waals surface area (Å²) in [7, 11) is 0. The highest BCUT2D eigenvalue weighted by molar-refractivity contribution is 7.80. The molecule has 3 nitrogen and oxygen atoms in total. The Kier molecular flexibility index (Phi) is 3.42. The van der Waals surface area contributed by atoms with Gasteiger partial charge in [-0.25, -0.2) is 9.97 Å². The van der Waals surface area contributed by atoms with E-state index in [-0.39, 0.29) is 11.3 Å². The first kappa shape index (κ1) is 11.7. The van der Waals surface area contributed by atoms with Crippen molar-refractivity contribution in [2.45, 2.75) is 6.18 Å². The summed E-state index contributed by atoms with van der Waals surface area (Å²) in [6.07, 6.45) is -3.64.